The summed E-state index contributed by atoms with van der Waals surface area (Å²) in [4.78, 5) is 18.0. The van der Waals surface area contributed by atoms with Crippen LogP contribution in [0.5, 0.6) is 0 Å². The van der Waals surface area contributed by atoms with E-state index in [1.165, 1.54) is 6.92 Å². The summed E-state index contributed by atoms with van der Waals surface area (Å²) >= 11 is 0. The molecule has 0 atom stereocenters. The van der Waals surface area contributed by atoms with Crippen LogP contribution in [0.25, 0.3) is 0 Å². The van der Waals surface area contributed by atoms with E-state index in [1.807, 2.05) is 6.92 Å². The Bertz CT molecular complexity index is 456. The highest BCUT2D eigenvalue weighted by Crippen LogP contribution is 2.26. The average molecular weight is 275 g/mol. The standard InChI is InChI=1S/C10H15F2N5O2/c1-3-4-13-10-15-6(2)8(17(18)19)9(16-10)14-5-7(11)12/h7H,3-5H2,1-2H3,(H2,13,14,15,16). The van der Waals surface area contributed by atoms with Crippen LogP contribution in [0.1, 0.15) is 19.0 Å². The van der Waals surface area contributed by atoms with E-state index in [4.69, 9.17) is 0 Å². The number of halogens is 2. The molecule has 106 valence electrons. The molecule has 19 heavy (non-hydrogen) atoms. The van der Waals surface area contributed by atoms with Gasteiger partial charge in [0.15, 0.2) is 0 Å². The molecule has 7 nitrogen and oxygen atoms in total. The van der Waals surface area contributed by atoms with Gasteiger partial charge < -0.3 is 10.6 Å². The summed E-state index contributed by atoms with van der Waals surface area (Å²) in [5.74, 6) is -0.0156. The Morgan fingerprint density at radius 2 is 2.05 bits per heavy atom. The Hall–Kier alpha value is -2.06. The molecule has 0 fully saturated rings. The van der Waals surface area contributed by atoms with Crippen LogP contribution in [0.4, 0.5) is 26.2 Å². The first-order valence-electron chi connectivity index (χ1n) is 5.74. The smallest absolute Gasteiger partial charge is 0.332 e. The molecule has 0 aliphatic rings. The maximum absolute atomic E-state index is 12.2. The van der Waals surface area contributed by atoms with E-state index < -0.39 is 17.9 Å². The molecule has 2 N–H and O–H groups in total. The summed E-state index contributed by atoms with van der Waals surface area (Å²) < 4.78 is 24.3. The molecule has 1 aromatic rings. The Kier molecular flexibility index (Phi) is 5.34. The lowest BCUT2D eigenvalue weighted by Gasteiger charge is -2.10. The number of nitrogens with one attached hydrogen (secondary N) is 2. The maximum Gasteiger partial charge on any atom is 0.332 e. The zero-order valence-electron chi connectivity index (χ0n) is 10.6. The lowest BCUT2D eigenvalue weighted by molar-refractivity contribution is -0.385. The number of aryl methyl sites for hydroxylation is 1. The molecule has 0 aromatic carbocycles. The highest BCUT2D eigenvalue weighted by molar-refractivity contribution is 5.60. The van der Waals surface area contributed by atoms with E-state index in [2.05, 4.69) is 20.6 Å². The fourth-order valence-electron chi connectivity index (χ4n) is 1.40. The quantitative estimate of drug-likeness (QED) is 0.585. The second-order valence-corrected chi connectivity index (χ2v) is 3.79. The summed E-state index contributed by atoms with van der Waals surface area (Å²) in [6, 6.07) is 0. The molecule has 0 aliphatic carbocycles. The molecular weight excluding hydrogens is 260 g/mol. The van der Waals surface area contributed by atoms with Gasteiger partial charge in [0.25, 0.3) is 6.43 Å². The van der Waals surface area contributed by atoms with Crippen molar-refractivity contribution in [2.75, 3.05) is 23.7 Å². The lowest BCUT2D eigenvalue weighted by Crippen LogP contribution is -2.15. The molecule has 0 saturated carbocycles. The fraction of sp³-hybridized carbons (Fsp3) is 0.600. The highest BCUT2D eigenvalue weighted by Gasteiger charge is 2.22. The maximum atomic E-state index is 12.2. The Balaban J connectivity index is 3.06. The monoisotopic (exact) mass is 275 g/mol. The lowest BCUT2D eigenvalue weighted by atomic mass is 10.3. The zero-order valence-corrected chi connectivity index (χ0v) is 10.6. The van der Waals surface area contributed by atoms with Gasteiger partial charge in [0.05, 0.1) is 11.5 Å². The van der Waals surface area contributed by atoms with E-state index in [9.17, 15) is 18.9 Å². The number of aromatic nitrogens is 2. The Morgan fingerprint density at radius 1 is 1.37 bits per heavy atom. The van der Waals surface area contributed by atoms with Crippen LogP contribution in [0, 0.1) is 17.0 Å². The minimum atomic E-state index is -2.62. The first-order chi connectivity index (χ1) is 8.95. The predicted octanol–water partition coefficient (Wildman–Crippen LogP) is 2.19. The summed E-state index contributed by atoms with van der Waals surface area (Å²) in [6.45, 7) is 3.25. The molecular formula is C10H15F2N5O2. The number of hydrogen-bond donors (Lipinski definition) is 2. The third-order valence-corrected chi connectivity index (χ3v) is 2.20. The summed E-state index contributed by atoms with van der Waals surface area (Å²) in [6.07, 6.45) is -1.80. The molecule has 0 saturated heterocycles. The van der Waals surface area contributed by atoms with E-state index in [1.54, 1.807) is 0 Å². The van der Waals surface area contributed by atoms with Crippen LogP contribution >= 0.6 is 0 Å². The minimum Gasteiger partial charge on any atom is -0.358 e. The first kappa shape index (κ1) is 15.0. The predicted molar refractivity (Wildman–Crippen MR) is 66.7 cm³/mol. The SMILES string of the molecule is CCCNc1nc(C)c([N+](=O)[O-])c(NCC(F)F)n1. The summed E-state index contributed by atoms with van der Waals surface area (Å²) in [7, 11) is 0. The largest absolute Gasteiger partial charge is 0.358 e. The third kappa shape index (κ3) is 4.27. The Morgan fingerprint density at radius 3 is 2.58 bits per heavy atom. The molecule has 0 unspecified atom stereocenters. The molecule has 0 amide bonds. The number of anilines is 2. The van der Waals surface area contributed by atoms with Crippen molar-refractivity contribution in [1.29, 1.82) is 0 Å². The molecule has 1 aromatic heterocycles. The van der Waals surface area contributed by atoms with E-state index in [0.29, 0.717) is 6.54 Å². The van der Waals surface area contributed by atoms with Crippen LogP contribution in [-0.2, 0) is 0 Å². The van der Waals surface area contributed by atoms with Crippen LogP contribution in [-0.4, -0.2) is 34.4 Å². The van der Waals surface area contributed by atoms with Gasteiger partial charge >= 0.3 is 5.69 Å². The van der Waals surface area contributed by atoms with Gasteiger partial charge in [-0.15, -0.1) is 0 Å². The van der Waals surface area contributed by atoms with Gasteiger partial charge in [0.1, 0.15) is 5.69 Å². The van der Waals surface area contributed by atoms with Crippen molar-refractivity contribution >= 4 is 17.5 Å². The number of hydrogen-bond acceptors (Lipinski definition) is 6. The number of nitrogens with zero attached hydrogens (tertiary/aromatic N) is 3. The van der Waals surface area contributed by atoms with Crippen LogP contribution in [0.3, 0.4) is 0 Å². The van der Waals surface area contributed by atoms with Gasteiger partial charge in [-0.05, 0) is 13.3 Å². The minimum absolute atomic E-state index is 0.121. The van der Waals surface area contributed by atoms with Crippen molar-refractivity contribution in [3.05, 3.63) is 15.8 Å². The van der Waals surface area contributed by atoms with Crippen molar-refractivity contribution in [2.24, 2.45) is 0 Å². The van der Waals surface area contributed by atoms with Crippen molar-refractivity contribution < 1.29 is 13.7 Å². The van der Waals surface area contributed by atoms with Crippen molar-refractivity contribution in [3.63, 3.8) is 0 Å². The first-order valence-corrected chi connectivity index (χ1v) is 5.74. The zero-order chi connectivity index (χ0) is 14.4. The summed E-state index contributed by atoms with van der Waals surface area (Å²) in [5.41, 5.74) is -0.266. The van der Waals surface area contributed by atoms with Crippen LogP contribution in [0.2, 0.25) is 0 Å². The molecule has 1 rings (SSSR count). The van der Waals surface area contributed by atoms with Gasteiger partial charge in [-0.25, -0.2) is 13.8 Å². The van der Waals surface area contributed by atoms with Gasteiger partial charge in [-0.3, -0.25) is 10.1 Å². The number of nitro groups is 1. The highest BCUT2D eigenvalue weighted by atomic mass is 19.3. The van der Waals surface area contributed by atoms with Gasteiger partial charge in [-0.1, -0.05) is 6.92 Å². The Labute approximate surface area is 108 Å². The van der Waals surface area contributed by atoms with Crippen LogP contribution < -0.4 is 10.6 Å². The molecule has 9 heteroatoms. The van der Waals surface area contributed by atoms with Crippen molar-refractivity contribution in [1.82, 2.24) is 9.97 Å². The van der Waals surface area contributed by atoms with E-state index in [0.717, 1.165) is 6.42 Å². The molecule has 0 spiro atoms. The normalized spacial score (nSPS) is 10.6. The molecule has 0 radical (unpaired) electrons. The van der Waals surface area contributed by atoms with Crippen molar-refractivity contribution in [2.45, 2.75) is 26.7 Å². The van der Waals surface area contributed by atoms with Crippen LogP contribution in [0.15, 0.2) is 0 Å². The fourth-order valence-corrected chi connectivity index (χ4v) is 1.40. The molecule has 1 heterocycles. The third-order valence-electron chi connectivity index (χ3n) is 2.20. The van der Waals surface area contributed by atoms with Gasteiger partial charge in [-0.2, -0.15) is 4.98 Å². The topological polar surface area (TPSA) is 93.0 Å². The van der Waals surface area contributed by atoms with Gasteiger partial charge in [0.2, 0.25) is 11.8 Å². The summed E-state index contributed by atoms with van der Waals surface area (Å²) in [5, 5.41) is 16.0. The van der Waals surface area contributed by atoms with Gasteiger partial charge in [0, 0.05) is 6.54 Å². The van der Waals surface area contributed by atoms with Crippen molar-refractivity contribution in [3.8, 4) is 0 Å². The van der Waals surface area contributed by atoms with E-state index >= 15 is 0 Å². The molecule has 0 aliphatic heterocycles. The second kappa shape index (κ2) is 6.76. The molecule has 0 bridgehead atoms. The number of alkyl halides is 2. The number of rotatable bonds is 7. The van der Waals surface area contributed by atoms with E-state index in [-0.39, 0.29) is 23.1 Å². The average Bonchev–Trinajstić information content (AvgIpc) is 2.32. The second-order valence-electron chi connectivity index (χ2n) is 3.79.